The van der Waals surface area contributed by atoms with Crippen LogP contribution in [0.25, 0.3) is 0 Å². The van der Waals surface area contributed by atoms with E-state index < -0.39 is 42.4 Å². The van der Waals surface area contributed by atoms with Crippen LogP contribution in [0.15, 0.2) is 60.7 Å². The Morgan fingerprint density at radius 3 is 1.31 bits per heavy atom. The number of nitro benzene ring substituents is 4. The predicted octanol–water partition coefficient (Wildman–Crippen LogP) is 8.48. The Bertz CT molecular complexity index is 1830. The molecule has 0 radical (unpaired) electrons. The van der Waals surface area contributed by atoms with Gasteiger partial charge in [0.2, 0.25) is 11.5 Å². The minimum Gasteiger partial charge on any atom is -0.450 e. The Balaban J connectivity index is 1.56. The lowest BCUT2D eigenvalue weighted by molar-refractivity contribution is -0.394. The molecule has 45 heavy (non-hydrogen) atoms. The van der Waals surface area contributed by atoms with Gasteiger partial charge in [0, 0.05) is 12.1 Å². The number of ether oxygens (including phenoxy) is 2. The SMILES string of the molecule is Cc1cc(CC(C)c2cc(C)c(Oc3ccc([N+](=O)[O-])cc3[N+](=O)[O-])c(C)c2)cc(C)c1Oc1ccc([N+](=O)[O-])cc1[N+](=O)[O-]. The maximum Gasteiger partial charge on any atom is 0.318 e. The molecule has 14 nitrogen and oxygen atoms in total. The van der Waals surface area contributed by atoms with Crippen LogP contribution in [0.5, 0.6) is 23.0 Å². The first-order chi connectivity index (χ1) is 21.2. The van der Waals surface area contributed by atoms with E-state index in [-0.39, 0.29) is 17.4 Å². The quantitative estimate of drug-likeness (QED) is 0.117. The van der Waals surface area contributed by atoms with Gasteiger partial charge in [-0.1, -0.05) is 31.2 Å². The summed E-state index contributed by atoms with van der Waals surface area (Å²) in [5.41, 5.74) is 3.04. The number of rotatable bonds is 11. The maximum atomic E-state index is 11.6. The van der Waals surface area contributed by atoms with Crippen LogP contribution in [-0.4, -0.2) is 19.7 Å². The largest absolute Gasteiger partial charge is 0.450 e. The second kappa shape index (κ2) is 12.8. The first kappa shape index (κ1) is 32.0. The van der Waals surface area contributed by atoms with Crippen LogP contribution < -0.4 is 9.47 Å². The highest BCUT2D eigenvalue weighted by Gasteiger charge is 2.24. The molecule has 0 amide bonds. The number of benzene rings is 4. The number of hydrogen-bond donors (Lipinski definition) is 0. The van der Waals surface area contributed by atoms with E-state index in [0.717, 1.165) is 57.6 Å². The Hall–Kier alpha value is -5.92. The zero-order chi connectivity index (χ0) is 33.2. The van der Waals surface area contributed by atoms with Gasteiger partial charge in [0.05, 0.1) is 31.8 Å². The molecule has 0 aliphatic carbocycles. The van der Waals surface area contributed by atoms with E-state index in [2.05, 4.69) is 0 Å². The molecule has 1 unspecified atom stereocenters. The fourth-order valence-electron chi connectivity index (χ4n) is 5.14. The van der Waals surface area contributed by atoms with Gasteiger partial charge in [0.25, 0.3) is 11.4 Å². The standard InChI is InChI=1S/C31H28N4O10/c1-17(23-13-20(4)31(21(5)14-23)45-29-9-7-25(33(38)39)16-27(29)35(42)43)10-22-11-18(2)30(19(3)12-22)44-28-8-6-24(32(36)37)15-26(28)34(40)41/h6-9,11-17H,10H2,1-5H3. The van der Waals surface area contributed by atoms with Crippen LogP contribution in [-0.2, 0) is 6.42 Å². The monoisotopic (exact) mass is 616 g/mol. The lowest BCUT2D eigenvalue weighted by Crippen LogP contribution is -2.03. The molecule has 14 heteroatoms. The van der Waals surface area contributed by atoms with Crippen molar-refractivity contribution in [3.8, 4) is 23.0 Å². The summed E-state index contributed by atoms with van der Waals surface area (Å²) < 4.78 is 11.8. The van der Waals surface area contributed by atoms with Crippen LogP contribution in [0.3, 0.4) is 0 Å². The number of nitrogens with zero attached hydrogens (tertiary/aromatic N) is 4. The van der Waals surface area contributed by atoms with Crippen LogP contribution in [0.1, 0.15) is 46.2 Å². The molecule has 0 heterocycles. The van der Waals surface area contributed by atoms with Crippen LogP contribution in [0.4, 0.5) is 22.7 Å². The van der Waals surface area contributed by atoms with Crippen molar-refractivity contribution < 1.29 is 29.2 Å². The van der Waals surface area contributed by atoms with E-state index >= 15 is 0 Å². The number of hydrogen-bond acceptors (Lipinski definition) is 10. The van der Waals surface area contributed by atoms with Crippen LogP contribution >= 0.6 is 0 Å². The Morgan fingerprint density at radius 1 is 0.578 bits per heavy atom. The number of nitro groups is 4. The molecule has 4 aromatic rings. The Morgan fingerprint density at radius 2 is 0.956 bits per heavy atom. The molecule has 0 aromatic heterocycles. The van der Waals surface area contributed by atoms with Crippen LogP contribution in [0, 0.1) is 68.2 Å². The summed E-state index contributed by atoms with van der Waals surface area (Å²) in [6, 6.07) is 14.1. The second-order valence-corrected chi connectivity index (χ2v) is 10.7. The molecule has 0 aliphatic heterocycles. The third kappa shape index (κ3) is 7.01. The predicted molar refractivity (Wildman–Crippen MR) is 164 cm³/mol. The second-order valence-electron chi connectivity index (χ2n) is 10.7. The summed E-state index contributed by atoms with van der Waals surface area (Å²) in [6.45, 7) is 9.30. The summed E-state index contributed by atoms with van der Waals surface area (Å²) in [5.74, 6) is 0.648. The third-order valence-electron chi connectivity index (χ3n) is 7.24. The molecule has 4 rings (SSSR count). The molecule has 4 aromatic carbocycles. The van der Waals surface area contributed by atoms with Gasteiger partial charge in [-0.3, -0.25) is 40.5 Å². The van der Waals surface area contributed by atoms with E-state index in [0.29, 0.717) is 17.9 Å². The summed E-state index contributed by atoms with van der Waals surface area (Å²) in [7, 11) is 0. The molecule has 0 saturated heterocycles. The Labute approximate surface area is 256 Å². The molecule has 0 N–H and O–H groups in total. The molecule has 0 fully saturated rings. The lowest BCUT2D eigenvalue weighted by Gasteiger charge is -2.19. The van der Waals surface area contributed by atoms with E-state index in [4.69, 9.17) is 9.47 Å². The lowest BCUT2D eigenvalue weighted by atomic mass is 9.90. The molecule has 232 valence electrons. The highest BCUT2D eigenvalue weighted by atomic mass is 16.6. The van der Waals surface area contributed by atoms with Gasteiger partial charge in [-0.25, -0.2) is 0 Å². The topological polar surface area (TPSA) is 191 Å². The van der Waals surface area contributed by atoms with Crippen molar-refractivity contribution in [1.29, 1.82) is 0 Å². The summed E-state index contributed by atoms with van der Waals surface area (Å²) >= 11 is 0. The zero-order valence-corrected chi connectivity index (χ0v) is 24.9. The molecule has 0 spiro atoms. The highest BCUT2D eigenvalue weighted by molar-refractivity contribution is 5.58. The van der Waals surface area contributed by atoms with Crippen molar-refractivity contribution in [1.82, 2.24) is 0 Å². The summed E-state index contributed by atoms with van der Waals surface area (Å²) in [4.78, 5) is 42.4. The number of non-ortho nitro benzene ring substituents is 2. The van der Waals surface area contributed by atoms with Gasteiger partial charge < -0.3 is 9.47 Å². The van der Waals surface area contributed by atoms with E-state index in [9.17, 15) is 40.5 Å². The van der Waals surface area contributed by atoms with Gasteiger partial charge in [-0.15, -0.1) is 0 Å². The highest BCUT2D eigenvalue weighted by Crippen LogP contribution is 2.40. The minimum atomic E-state index is -0.726. The van der Waals surface area contributed by atoms with Crippen molar-refractivity contribution in [2.45, 2.75) is 47.0 Å². The first-order valence-electron chi connectivity index (χ1n) is 13.6. The van der Waals surface area contributed by atoms with Gasteiger partial charge in [0.1, 0.15) is 11.5 Å². The van der Waals surface area contributed by atoms with E-state index in [1.807, 2.05) is 58.9 Å². The van der Waals surface area contributed by atoms with Crippen molar-refractivity contribution in [2.24, 2.45) is 0 Å². The maximum absolute atomic E-state index is 11.6. The van der Waals surface area contributed by atoms with Crippen molar-refractivity contribution >= 4 is 22.7 Å². The van der Waals surface area contributed by atoms with Crippen LogP contribution in [0.2, 0.25) is 0 Å². The number of aryl methyl sites for hydroxylation is 4. The average Bonchev–Trinajstić information content (AvgIpc) is 2.96. The van der Waals surface area contributed by atoms with E-state index in [1.54, 1.807) is 0 Å². The zero-order valence-electron chi connectivity index (χ0n) is 24.9. The molecule has 0 saturated carbocycles. The van der Waals surface area contributed by atoms with Gasteiger partial charge in [-0.2, -0.15) is 0 Å². The molecule has 0 aliphatic rings. The summed E-state index contributed by atoms with van der Waals surface area (Å²) in [5, 5.41) is 45.2. The average molecular weight is 617 g/mol. The van der Waals surface area contributed by atoms with E-state index in [1.165, 1.54) is 12.1 Å². The van der Waals surface area contributed by atoms with Gasteiger partial charge in [-0.05, 0) is 85.5 Å². The fourth-order valence-corrected chi connectivity index (χ4v) is 5.14. The Kier molecular flexibility index (Phi) is 9.07. The third-order valence-corrected chi connectivity index (χ3v) is 7.24. The van der Waals surface area contributed by atoms with Crippen molar-refractivity contribution in [2.75, 3.05) is 0 Å². The molecule has 1 atom stereocenters. The normalized spacial score (nSPS) is 11.5. The van der Waals surface area contributed by atoms with Gasteiger partial charge in [0.15, 0.2) is 0 Å². The minimum absolute atomic E-state index is 0.0338. The van der Waals surface area contributed by atoms with Crippen molar-refractivity contribution in [3.63, 3.8) is 0 Å². The molecular formula is C31H28N4O10. The van der Waals surface area contributed by atoms with Gasteiger partial charge >= 0.3 is 11.4 Å². The molecular weight excluding hydrogens is 588 g/mol. The fraction of sp³-hybridized carbons (Fsp3) is 0.226. The molecule has 0 bridgehead atoms. The summed E-state index contributed by atoms with van der Waals surface area (Å²) in [6.07, 6.45) is 0.631. The van der Waals surface area contributed by atoms with Crippen molar-refractivity contribution in [3.05, 3.63) is 135 Å². The first-order valence-corrected chi connectivity index (χ1v) is 13.6. The smallest absolute Gasteiger partial charge is 0.318 e.